The molecule has 0 atom stereocenters. The number of nitrogens with zero attached hydrogens (tertiary/aromatic N) is 2. The molecule has 0 bridgehead atoms. The summed E-state index contributed by atoms with van der Waals surface area (Å²) in [6.07, 6.45) is -2.67. The van der Waals surface area contributed by atoms with Gasteiger partial charge in [0.2, 0.25) is 6.41 Å². The van der Waals surface area contributed by atoms with Crippen LogP contribution in [0.25, 0.3) is 0 Å². The molecule has 8 heteroatoms. The predicted molar refractivity (Wildman–Crippen MR) is 97.6 cm³/mol. The molecule has 2 aromatic carbocycles. The Hall–Kier alpha value is -3.42. The van der Waals surface area contributed by atoms with Crippen molar-refractivity contribution in [3.05, 3.63) is 83.8 Å². The SMILES string of the molecule is O=CN(c1cccc(C(F)(F)F)c1)c1cccnc1NCc1ccccc1F. The molecule has 3 rings (SSSR count). The van der Waals surface area contributed by atoms with E-state index < -0.39 is 17.6 Å². The van der Waals surface area contributed by atoms with E-state index in [4.69, 9.17) is 0 Å². The average Bonchev–Trinajstić information content (AvgIpc) is 2.68. The molecule has 0 saturated carbocycles. The number of carbonyl (C=O) groups excluding carboxylic acids is 1. The van der Waals surface area contributed by atoms with Crippen molar-refractivity contribution < 1.29 is 22.4 Å². The number of aromatic nitrogens is 1. The van der Waals surface area contributed by atoms with Gasteiger partial charge in [-0.25, -0.2) is 9.37 Å². The van der Waals surface area contributed by atoms with Crippen molar-refractivity contribution in [3.8, 4) is 0 Å². The second-order valence-electron chi connectivity index (χ2n) is 5.84. The Morgan fingerprint density at radius 1 is 1.04 bits per heavy atom. The van der Waals surface area contributed by atoms with E-state index in [-0.39, 0.29) is 23.7 Å². The van der Waals surface area contributed by atoms with Gasteiger partial charge in [0.1, 0.15) is 5.82 Å². The highest BCUT2D eigenvalue weighted by atomic mass is 19.4. The lowest BCUT2D eigenvalue weighted by Gasteiger charge is -2.21. The zero-order valence-corrected chi connectivity index (χ0v) is 14.4. The molecular weight excluding hydrogens is 374 g/mol. The lowest BCUT2D eigenvalue weighted by molar-refractivity contribution is -0.137. The van der Waals surface area contributed by atoms with Crippen LogP contribution in [0.3, 0.4) is 0 Å². The van der Waals surface area contributed by atoms with Gasteiger partial charge in [-0.15, -0.1) is 0 Å². The average molecular weight is 389 g/mol. The van der Waals surface area contributed by atoms with Gasteiger partial charge in [0, 0.05) is 24.0 Å². The summed E-state index contributed by atoms with van der Waals surface area (Å²) in [5, 5.41) is 2.93. The molecule has 3 aromatic rings. The minimum Gasteiger partial charge on any atom is -0.364 e. The summed E-state index contributed by atoms with van der Waals surface area (Å²) in [7, 11) is 0. The van der Waals surface area contributed by atoms with Crippen molar-refractivity contribution in [2.45, 2.75) is 12.7 Å². The summed E-state index contributed by atoms with van der Waals surface area (Å²) < 4.78 is 52.8. The first-order valence-corrected chi connectivity index (χ1v) is 8.24. The molecule has 0 fully saturated rings. The van der Waals surface area contributed by atoms with Crippen LogP contribution < -0.4 is 10.2 Å². The normalized spacial score (nSPS) is 11.1. The number of halogens is 4. The van der Waals surface area contributed by atoms with E-state index in [1.54, 1.807) is 24.3 Å². The van der Waals surface area contributed by atoms with Crippen molar-refractivity contribution in [2.24, 2.45) is 0 Å². The minimum atomic E-state index is -4.54. The number of hydrogen-bond donors (Lipinski definition) is 1. The minimum absolute atomic E-state index is 0.0340. The van der Waals surface area contributed by atoms with Crippen molar-refractivity contribution in [3.63, 3.8) is 0 Å². The molecule has 0 aliphatic heterocycles. The summed E-state index contributed by atoms with van der Waals surface area (Å²) in [5.74, 6) is -0.173. The van der Waals surface area contributed by atoms with Gasteiger partial charge in [-0.3, -0.25) is 9.69 Å². The van der Waals surface area contributed by atoms with Crippen LogP contribution in [0.5, 0.6) is 0 Å². The first kappa shape index (κ1) is 19.3. The van der Waals surface area contributed by atoms with E-state index in [9.17, 15) is 22.4 Å². The Morgan fingerprint density at radius 2 is 1.82 bits per heavy atom. The number of benzene rings is 2. The van der Waals surface area contributed by atoms with Crippen LogP contribution in [0.4, 0.5) is 34.8 Å². The van der Waals surface area contributed by atoms with Gasteiger partial charge in [-0.1, -0.05) is 24.3 Å². The number of amides is 1. The molecule has 0 unspecified atom stereocenters. The molecule has 0 aliphatic rings. The molecule has 144 valence electrons. The summed E-state index contributed by atoms with van der Waals surface area (Å²) in [6, 6.07) is 13.6. The second kappa shape index (κ2) is 8.08. The van der Waals surface area contributed by atoms with Crippen LogP contribution in [0.15, 0.2) is 66.9 Å². The third-order valence-corrected chi connectivity index (χ3v) is 4.01. The maximum absolute atomic E-state index is 13.8. The van der Waals surface area contributed by atoms with Gasteiger partial charge in [0.15, 0.2) is 5.82 Å². The lowest BCUT2D eigenvalue weighted by atomic mass is 10.1. The Bertz CT molecular complexity index is 975. The van der Waals surface area contributed by atoms with E-state index >= 15 is 0 Å². The maximum Gasteiger partial charge on any atom is 0.416 e. The van der Waals surface area contributed by atoms with Gasteiger partial charge >= 0.3 is 6.18 Å². The van der Waals surface area contributed by atoms with Crippen LogP contribution >= 0.6 is 0 Å². The third-order valence-electron chi connectivity index (χ3n) is 4.01. The lowest BCUT2D eigenvalue weighted by Crippen LogP contribution is -2.18. The number of anilines is 3. The molecule has 0 radical (unpaired) electrons. The first-order valence-electron chi connectivity index (χ1n) is 8.24. The van der Waals surface area contributed by atoms with Crippen molar-refractivity contribution in [1.29, 1.82) is 0 Å². The standard InChI is InChI=1S/C20H15F4N3O/c21-17-8-2-1-5-14(17)12-26-19-18(9-4-10-25-19)27(13-28)16-7-3-6-15(11-16)20(22,23)24/h1-11,13H,12H2,(H,25,26). The Morgan fingerprint density at radius 3 is 2.54 bits per heavy atom. The molecule has 0 aliphatic carbocycles. The Kier molecular flexibility index (Phi) is 5.58. The van der Waals surface area contributed by atoms with Crippen molar-refractivity contribution in [2.75, 3.05) is 10.2 Å². The number of hydrogen-bond acceptors (Lipinski definition) is 3. The topological polar surface area (TPSA) is 45.2 Å². The quantitative estimate of drug-likeness (QED) is 0.469. The van der Waals surface area contributed by atoms with E-state index in [0.717, 1.165) is 17.0 Å². The van der Waals surface area contributed by atoms with Gasteiger partial charge in [0.25, 0.3) is 0 Å². The molecule has 1 aromatic heterocycles. The fourth-order valence-corrected chi connectivity index (χ4v) is 2.64. The third kappa shape index (κ3) is 4.28. The van der Waals surface area contributed by atoms with Crippen LogP contribution in [0, 0.1) is 5.82 Å². The highest BCUT2D eigenvalue weighted by molar-refractivity contribution is 5.90. The summed E-state index contributed by atoms with van der Waals surface area (Å²) >= 11 is 0. The zero-order valence-electron chi connectivity index (χ0n) is 14.4. The van der Waals surface area contributed by atoms with E-state index in [0.29, 0.717) is 12.0 Å². The summed E-state index contributed by atoms with van der Waals surface area (Å²) in [6.45, 7) is 0.0893. The van der Waals surface area contributed by atoms with Crippen LogP contribution in [-0.2, 0) is 17.5 Å². The highest BCUT2D eigenvalue weighted by Crippen LogP contribution is 2.35. The summed E-state index contributed by atoms with van der Waals surface area (Å²) in [4.78, 5) is 16.9. The molecule has 1 amide bonds. The van der Waals surface area contributed by atoms with Crippen LogP contribution in [0.2, 0.25) is 0 Å². The number of alkyl halides is 3. The zero-order chi connectivity index (χ0) is 20.1. The highest BCUT2D eigenvalue weighted by Gasteiger charge is 2.31. The summed E-state index contributed by atoms with van der Waals surface area (Å²) in [5.41, 5.74) is -0.211. The van der Waals surface area contributed by atoms with Crippen LogP contribution in [0.1, 0.15) is 11.1 Å². The molecule has 0 saturated heterocycles. The van der Waals surface area contributed by atoms with Gasteiger partial charge in [0.05, 0.1) is 11.3 Å². The molecule has 4 nitrogen and oxygen atoms in total. The second-order valence-corrected chi connectivity index (χ2v) is 5.84. The molecule has 0 spiro atoms. The van der Waals surface area contributed by atoms with Gasteiger partial charge in [-0.05, 0) is 36.4 Å². The monoisotopic (exact) mass is 389 g/mol. The van der Waals surface area contributed by atoms with Gasteiger partial charge in [-0.2, -0.15) is 13.2 Å². The number of rotatable bonds is 6. The van der Waals surface area contributed by atoms with Crippen molar-refractivity contribution >= 4 is 23.6 Å². The maximum atomic E-state index is 13.8. The van der Waals surface area contributed by atoms with Gasteiger partial charge < -0.3 is 5.32 Å². The fraction of sp³-hybridized carbons (Fsp3) is 0.100. The molecule has 28 heavy (non-hydrogen) atoms. The molecular formula is C20H15F4N3O. The number of pyridine rings is 1. The number of carbonyl (C=O) groups is 1. The van der Waals surface area contributed by atoms with E-state index in [1.165, 1.54) is 30.5 Å². The largest absolute Gasteiger partial charge is 0.416 e. The first-order chi connectivity index (χ1) is 13.4. The van der Waals surface area contributed by atoms with Crippen molar-refractivity contribution in [1.82, 2.24) is 4.98 Å². The molecule has 1 heterocycles. The molecule has 1 N–H and O–H groups in total. The number of nitrogens with one attached hydrogen (secondary N) is 1. The van der Waals surface area contributed by atoms with E-state index in [1.807, 2.05) is 0 Å². The smallest absolute Gasteiger partial charge is 0.364 e. The predicted octanol–water partition coefficient (Wildman–Crippen LogP) is 5.15. The Labute approximate surface area is 158 Å². The van der Waals surface area contributed by atoms with E-state index in [2.05, 4.69) is 10.3 Å². The fourth-order valence-electron chi connectivity index (χ4n) is 2.64. The Balaban J connectivity index is 1.92. The van der Waals surface area contributed by atoms with Crippen LogP contribution in [-0.4, -0.2) is 11.4 Å².